The molecule has 4 rings (SSSR count). The molecule has 29 heavy (non-hydrogen) atoms. The highest BCUT2D eigenvalue weighted by atomic mass is 16.5. The minimum atomic E-state index is 0.0156. The van der Waals surface area contributed by atoms with Crippen LogP contribution in [0.5, 0.6) is 0 Å². The van der Waals surface area contributed by atoms with Gasteiger partial charge in [0.15, 0.2) is 5.82 Å². The van der Waals surface area contributed by atoms with Crippen molar-refractivity contribution in [3.63, 3.8) is 0 Å². The number of likely N-dealkylation sites (tertiary alicyclic amines) is 1. The Morgan fingerprint density at radius 1 is 1.07 bits per heavy atom. The highest BCUT2D eigenvalue weighted by Crippen LogP contribution is 2.35. The van der Waals surface area contributed by atoms with Gasteiger partial charge >= 0.3 is 0 Å². The zero-order valence-corrected chi connectivity index (χ0v) is 18.2. The number of hydrogen-bond donors (Lipinski definition) is 0. The summed E-state index contributed by atoms with van der Waals surface area (Å²) < 4.78 is 5.11. The summed E-state index contributed by atoms with van der Waals surface area (Å²) in [6, 6.07) is 0.0156. The van der Waals surface area contributed by atoms with Crippen LogP contribution >= 0.6 is 0 Å². The SMILES string of the molecule is COCCC(=O)N1CCC[C@@H]1c1nc(C)c2c(n1)N(CC1CCCCC1)CCC2. The van der Waals surface area contributed by atoms with Crippen molar-refractivity contribution in [1.82, 2.24) is 14.9 Å². The third-order valence-electron chi connectivity index (χ3n) is 6.96. The molecule has 1 aliphatic carbocycles. The molecule has 0 aromatic carbocycles. The number of aryl methyl sites for hydroxylation is 1. The van der Waals surface area contributed by atoms with Crippen LogP contribution in [0.15, 0.2) is 0 Å². The van der Waals surface area contributed by atoms with Crippen molar-refractivity contribution in [3.05, 3.63) is 17.1 Å². The van der Waals surface area contributed by atoms with Gasteiger partial charge in [0.1, 0.15) is 5.82 Å². The van der Waals surface area contributed by atoms with Crippen molar-refractivity contribution >= 4 is 11.7 Å². The number of nitrogens with zero attached hydrogens (tertiary/aromatic N) is 4. The Bertz CT molecular complexity index is 717. The van der Waals surface area contributed by atoms with Crippen molar-refractivity contribution in [2.45, 2.75) is 77.2 Å². The summed E-state index contributed by atoms with van der Waals surface area (Å²) >= 11 is 0. The molecule has 6 nitrogen and oxygen atoms in total. The first-order valence-corrected chi connectivity index (χ1v) is 11.6. The van der Waals surface area contributed by atoms with Gasteiger partial charge in [-0.25, -0.2) is 9.97 Å². The first-order chi connectivity index (χ1) is 14.2. The lowest BCUT2D eigenvalue weighted by Gasteiger charge is -2.35. The smallest absolute Gasteiger partial charge is 0.225 e. The van der Waals surface area contributed by atoms with Crippen LogP contribution in [0, 0.1) is 12.8 Å². The summed E-state index contributed by atoms with van der Waals surface area (Å²) in [6.45, 7) is 5.63. The van der Waals surface area contributed by atoms with E-state index in [9.17, 15) is 4.79 Å². The van der Waals surface area contributed by atoms with E-state index in [0.717, 1.165) is 62.2 Å². The van der Waals surface area contributed by atoms with Gasteiger partial charge < -0.3 is 14.5 Å². The number of aromatic nitrogens is 2. The fraction of sp³-hybridized carbons (Fsp3) is 0.783. The number of amides is 1. The summed E-state index contributed by atoms with van der Waals surface area (Å²) in [6.07, 6.45) is 11.5. The van der Waals surface area contributed by atoms with E-state index in [2.05, 4.69) is 11.8 Å². The van der Waals surface area contributed by atoms with Crippen LogP contribution in [0.25, 0.3) is 0 Å². The standard InChI is InChI=1S/C23H36N4O2/c1-17-19-10-6-13-26(16-18-8-4-3-5-9-18)23(19)25-22(24-17)20-11-7-14-27(20)21(28)12-15-29-2/h18,20H,3-16H2,1-2H3/t20-/m1/s1. The summed E-state index contributed by atoms with van der Waals surface area (Å²) in [7, 11) is 1.64. The highest BCUT2D eigenvalue weighted by molar-refractivity contribution is 5.77. The first-order valence-electron chi connectivity index (χ1n) is 11.6. The van der Waals surface area contributed by atoms with Gasteiger partial charge in [-0.15, -0.1) is 0 Å². The molecule has 0 radical (unpaired) electrons. The first kappa shape index (κ1) is 20.6. The molecule has 1 saturated heterocycles. The number of carbonyl (C=O) groups is 1. The monoisotopic (exact) mass is 400 g/mol. The van der Waals surface area contributed by atoms with Gasteiger partial charge in [-0.2, -0.15) is 0 Å². The Kier molecular flexibility index (Phi) is 6.68. The van der Waals surface area contributed by atoms with Gasteiger partial charge in [0.2, 0.25) is 5.91 Å². The zero-order chi connectivity index (χ0) is 20.2. The molecule has 0 bridgehead atoms. The highest BCUT2D eigenvalue weighted by Gasteiger charge is 2.34. The van der Waals surface area contributed by atoms with Crippen LogP contribution in [0.4, 0.5) is 5.82 Å². The Hall–Kier alpha value is -1.69. The quantitative estimate of drug-likeness (QED) is 0.727. The predicted octanol–water partition coefficient (Wildman–Crippen LogP) is 3.82. The number of carbonyl (C=O) groups excluding carboxylic acids is 1. The summed E-state index contributed by atoms with van der Waals surface area (Å²) in [4.78, 5) is 27.2. The lowest BCUT2D eigenvalue weighted by Crippen LogP contribution is -2.37. The second-order valence-electron chi connectivity index (χ2n) is 9.01. The average molecular weight is 401 g/mol. The molecule has 1 saturated carbocycles. The Morgan fingerprint density at radius 3 is 2.69 bits per heavy atom. The number of rotatable bonds is 6. The molecule has 1 aromatic rings. The molecule has 3 aliphatic rings. The van der Waals surface area contributed by atoms with Crippen LogP contribution in [-0.4, -0.2) is 54.1 Å². The van der Waals surface area contributed by atoms with E-state index in [1.54, 1.807) is 7.11 Å². The van der Waals surface area contributed by atoms with Crippen LogP contribution in [-0.2, 0) is 16.0 Å². The topological polar surface area (TPSA) is 58.6 Å². The van der Waals surface area contributed by atoms with Crippen molar-refractivity contribution < 1.29 is 9.53 Å². The Balaban J connectivity index is 1.56. The van der Waals surface area contributed by atoms with Gasteiger partial charge in [-0.3, -0.25) is 4.79 Å². The summed E-state index contributed by atoms with van der Waals surface area (Å²) in [5.74, 6) is 2.96. The molecular formula is C23H36N4O2. The van der Waals surface area contributed by atoms with Crippen molar-refractivity contribution in [1.29, 1.82) is 0 Å². The number of fused-ring (bicyclic) bond motifs is 1. The predicted molar refractivity (Wildman–Crippen MR) is 114 cm³/mol. The van der Waals surface area contributed by atoms with E-state index >= 15 is 0 Å². The number of anilines is 1. The van der Waals surface area contributed by atoms with E-state index < -0.39 is 0 Å². The lowest BCUT2D eigenvalue weighted by molar-refractivity contribution is -0.133. The third-order valence-corrected chi connectivity index (χ3v) is 6.96. The number of methoxy groups -OCH3 is 1. The molecule has 2 fully saturated rings. The summed E-state index contributed by atoms with van der Waals surface area (Å²) in [5, 5.41) is 0. The molecule has 2 aliphatic heterocycles. The number of hydrogen-bond acceptors (Lipinski definition) is 5. The van der Waals surface area contributed by atoms with Gasteiger partial charge in [0, 0.05) is 38.0 Å². The maximum atomic E-state index is 12.7. The largest absolute Gasteiger partial charge is 0.384 e. The minimum Gasteiger partial charge on any atom is -0.384 e. The maximum absolute atomic E-state index is 12.7. The molecule has 3 heterocycles. The second kappa shape index (κ2) is 9.41. The third kappa shape index (κ3) is 4.57. The molecule has 6 heteroatoms. The van der Waals surface area contributed by atoms with Gasteiger partial charge in [-0.05, 0) is 51.4 Å². The van der Waals surface area contributed by atoms with Crippen LogP contribution in [0.2, 0.25) is 0 Å². The van der Waals surface area contributed by atoms with Crippen molar-refractivity contribution in [2.75, 3.05) is 38.3 Å². The molecule has 1 aromatic heterocycles. The van der Waals surface area contributed by atoms with E-state index in [1.807, 2.05) is 4.90 Å². The molecule has 0 N–H and O–H groups in total. The fourth-order valence-electron chi connectivity index (χ4n) is 5.38. The maximum Gasteiger partial charge on any atom is 0.225 e. The lowest BCUT2D eigenvalue weighted by atomic mass is 9.88. The Labute approximate surface area is 175 Å². The van der Waals surface area contributed by atoms with Crippen LogP contribution < -0.4 is 4.90 Å². The van der Waals surface area contributed by atoms with Gasteiger partial charge in [-0.1, -0.05) is 19.3 Å². The molecule has 0 unspecified atom stereocenters. The van der Waals surface area contributed by atoms with Crippen LogP contribution in [0.3, 0.4) is 0 Å². The van der Waals surface area contributed by atoms with E-state index in [0.29, 0.717) is 13.0 Å². The van der Waals surface area contributed by atoms with Crippen molar-refractivity contribution in [2.24, 2.45) is 5.92 Å². The second-order valence-corrected chi connectivity index (χ2v) is 9.01. The van der Waals surface area contributed by atoms with E-state index in [-0.39, 0.29) is 11.9 Å². The molecule has 160 valence electrons. The van der Waals surface area contributed by atoms with Gasteiger partial charge in [0.05, 0.1) is 19.1 Å². The van der Waals surface area contributed by atoms with Crippen LogP contribution in [0.1, 0.15) is 80.9 Å². The fourth-order valence-corrected chi connectivity index (χ4v) is 5.38. The molecule has 1 atom stereocenters. The minimum absolute atomic E-state index is 0.0156. The summed E-state index contributed by atoms with van der Waals surface area (Å²) in [5.41, 5.74) is 2.43. The van der Waals surface area contributed by atoms with Gasteiger partial charge in [0.25, 0.3) is 0 Å². The zero-order valence-electron chi connectivity index (χ0n) is 18.2. The Morgan fingerprint density at radius 2 is 1.90 bits per heavy atom. The van der Waals surface area contributed by atoms with E-state index in [4.69, 9.17) is 14.7 Å². The van der Waals surface area contributed by atoms with E-state index in [1.165, 1.54) is 44.1 Å². The molecule has 0 spiro atoms. The molecular weight excluding hydrogens is 364 g/mol. The molecule has 1 amide bonds. The number of ether oxygens (including phenoxy) is 1. The average Bonchev–Trinajstić information content (AvgIpc) is 3.23. The normalized spacial score (nSPS) is 22.8. The van der Waals surface area contributed by atoms with Crippen molar-refractivity contribution in [3.8, 4) is 0 Å².